The van der Waals surface area contributed by atoms with Crippen LogP contribution in [0.5, 0.6) is 0 Å². The molecule has 1 atom stereocenters. The number of hydrogen-bond acceptors (Lipinski definition) is 6. The van der Waals surface area contributed by atoms with Crippen molar-refractivity contribution in [2.45, 2.75) is 57.7 Å². The van der Waals surface area contributed by atoms with Crippen LogP contribution in [0.2, 0.25) is 0 Å². The van der Waals surface area contributed by atoms with E-state index >= 15 is 0 Å². The van der Waals surface area contributed by atoms with Crippen molar-refractivity contribution in [3.05, 3.63) is 48.3 Å². The average Bonchev–Trinajstić information content (AvgIpc) is 3.18. The van der Waals surface area contributed by atoms with Gasteiger partial charge in [0, 0.05) is 42.6 Å². The minimum atomic E-state index is -0.451. The lowest BCUT2D eigenvalue weighted by Gasteiger charge is -2.20. The maximum atomic E-state index is 11.6. The number of ketones is 1. The molecular formula is C22H26N4O3. The van der Waals surface area contributed by atoms with Gasteiger partial charge in [0.2, 0.25) is 0 Å². The number of fused-ring (bicyclic) bond motifs is 1. The zero-order chi connectivity index (χ0) is 20.2. The first-order valence-corrected chi connectivity index (χ1v) is 10.2. The molecule has 29 heavy (non-hydrogen) atoms. The SMILES string of the molecule is CC[C@H](O)COCc1ncc(-c2ccn3ncc(C4CCC(=O)CC4)c3c2)cn1. The topological polar surface area (TPSA) is 89.6 Å². The van der Waals surface area contributed by atoms with Gasteiger partial charge < -0.3 is 9.84 Å². The summed E-state index contributed by atoms with van der Waals surface area (Å²) in [6, 6.07) is 4.12. The van der Waals surface area contributed by atoms with Crippen LogP contribution < -0.4 is 0 Å². The molecular weight excluding hydrogens is 368 g/mol. The van der Waals surface area contributed by atoms with Crippen molar-refractivity contribution in [1.29, 1.82) is 0 Å². The summed E-state index contributed by atoms with van der Waals surface area (Å²) in [6.45, 7) is 2.48. The highest BCUT2D eigenvalue weighted by Gasteiger charge is 2.23. The molecule has 0 radical (unpaired) electrons. The molecule has 4 rings (SSSR count). The smallest absolute Gasteiger partial charge is 0.153 e. The Morgan fingerprint density at radius 3 is 2.69 bits per heavy atom. The fraction of sp³-hybridized carbons (Fsp3) is 0.455. The lowest BCUT2D eigenvalue weighted by molar-refractivity contribution is -0.120. The number of aliphatic hydroxyl groups excluding tert-OH is 1. The second kappa shape index (κ2) is 8.80. The van der Waals surface area contributed by atoms with Crippen molar-refractivity contribution in [3.8, 4) is 11.1 Å². The zero-order valence-electron chi connectivity index (χ0n) is 16.6. The lowest BCUT2D eigenvalue weighted by atomic mass is 9.84. The Kier molecular flexibility index (Phi) is 5.97. The summed E-state index contributed by atoms with van der Waals surface area (Å²) >= 11 is 0. The molecule has 152 valence electrons. The molecule has 7 nitrogen and oxygen atoms in total. The molecule has 3 aromatic rings. The van der Waals surface area contributed by atoms with Gasteiger partial charge in [-0.15, -0.1) is 0 Å². The number of hydrogen-bond donors (Lipinski definition) is 1. The van der Waals surface area contributed by atoms with Crippen LogP contribution in [-0.4, -0.2) is 43.2 Å². The van der Waals surface area contributed by atoms with Gasteiger partial charge in [-0.25, -0.2) is 14.5 Å². The van der Waals surface area contributed by atoms with E-state index in [1.807, 2.05) is 29.9 Å². The highest BCUT2D eigenvalue weighted by molar-refractivity contribution is 5.79. The first-order valence-electron chi connectivity index (χ1n) is 10.2. The molecule has 0 bridgehead atoms. The molecule has 1 saturated carbocycles. The largest absolute Gasteiger partial charge is 0.391 e. The number of aliphatic hydroxyl groups is 1. The van der Waals surface area contributed by atoms with E-state index in [4.69, 9.17) is 4.74 Å². The van der Waals surface area contributed by atoms with Crippen molar-refractivity contribution < 1.29 is 14.6 Å². The summed E-state index contributed by atoms with van der Waals surface area (Å²) in [5.74, 6) is 1.34. The molecule has 0 spiro atoms. The Hall–Kier alpha value is -2.64. The highest BCUT2D eigenvalue weighted by atomic mass is 16.5. The zero-order valence-corrected chi connectivity index (χ0v) is 16.6. The van der Waals surface area contributed by atoms with Crippen molar-refractivity contribution in [1.82, 2.24) is 19.6 Å². The van der Waals surface area contributed by atoms with Gasteiger partial charge in [0.15, 0.2) is 5.82 Å². The van der Waals surface area contributed by atoms with Gasteiger partial charge in [0.1, 0.15) is 12.4 Å². The Balaban J connectivity index is 1.50. The monoisotopic (exact) mass is 394 g/mol. The predicted molar refractivity (Wildman–Crippen MR) is 108 cm³/mol. The number of rotatable bonds is 7. The highest BCUT2D eigenvalue weighted by Crippen LogP contribution is 2.34. The van der Waals surface area contributed by atoms with Crippen molar-refractivity contribution in [2.75, 3.05) is 6.61 Å². The summed E-state index contributed by atoms with van der Waals surface area (Å²) in [4.78, 5) is 20.3. The Morgan fingerprint density at radius 2 is 1.97 bits per heavy atom. The molecule has 3 aromatic heterocycles. The fourth-order valence-corrected chi connectivity index (χ4v) is 3.73. The van der Waals surface area contributed by atoms with E-state index in [0.29, 0.717) is 36.8 Å². The number of carbonyl (C=O) groups excluding carboxylic acids is 1. The molecule has 1 N–H and O–H groups in total. The van der Waals surface area contributed by atoms with Crippen LogP contribution in [0.3, 0.4) is 0 Å². The summed E-state index contributed by atoms with van der Waals surface area (Å²) in [5, 5.41) is 14.0. The van der Waals surface area contributed by atoms with Crippen LogP contribution in [0.1, 0.15) is 56.3 Å². The number of ether oxygens (including phenoxy) is 1. The normalized spacial score (nSPS) is 16.4. The van der Waals surface area contributed by atoms with Gasteiger partial charge in [0.25, 0.3) is 0 Å². The van der Waals surface area contributed by atoms with Crippen LogP contribution in [-0.2, 0) is 16.1 Å². The van der Waals surface area contributed by atoms with E-state index in [-0.39, 0.29) is 13.2 Å². The van der Waals surface area contributed by atoms with E-state index in [1.54, 1.807) is 12.4 Å². The lowest BCUT2D eigenvalue weighted by Crippen LogP contribution is -2.14. The third kappa shape index (κ3) is 4.52. The van der Waals surface area contributed by atoms with E-state index in [2.05, 4.69) is 21.1 Å². The van der Waals surface area contributed by atoms with Gasteiger partial charge in [-0.3, -0.25) is 4.79 Å². The first-order chi connectivity index (χ1) is 14.1. The molecule has 0 aliphatic heterocycles. The molecule has 0 unspecified atom stereocenters. The van der Waals surface area contributed by atoms with Crippen LogP contribution in [0.15, 0.2) is 36.9 Å². The Bertz CT molecular complexity index is 973. The molecule has 1 fully saturated rings. The van der Waals surface area contributed by atoms with E-state index in [1.165, 1.54) is 5.56 Å². The summed E-state index contributed by atoms with van der Waals surface area (Å²) in [7, 11) is 0. The number of carbonyl (C=O) groups is 1. The minimum absolute atomic E-state index is 0.281. The standard InChI is InChI=1S/C22H26N4O3/c1-2-18(27)13-29-14-22-23-10-17(11-24-22)16-7-8-26-21(9-16)20(12-25-26)15-3-5-19(28)6-4-15/h7-12,15,18,27H,2-6,13-14H2,1H3/t18-/m0/s1. The molecule has 1 aliphatic carbocycles. The van der Waals surface area contributed by atoms with E-state index < -0.39 is 6.10 Å². The summed E-state index contributed by atoms with van der Waals surface area (Å²) in [5.41, 5.74) is 4.23. The number of nitrogens with zero attached hydrogens (tertiary/aromatic N) is 4. The van der Waals surface area contributed by atoms with Gasteiger partial charge >= 0.3 is 0 Å². The quantitative estimate of drug-likeness (QED) is 0.661. The third-order valence-corrected chi connectivity index (χ3v) is 5.59. The number of aromatic nitrogens is 4. The summed E-state index contributed by atoms with van der Waals surface area (Å²) in [6.07, 6.45) is 10.8. The predicted octanol–water partition coefficient (Wildman–Crippen LogP) is 3.31. The maximum absolute atomic E-state index is 11.6. The second-order valence-electron chi connectivity index (χ2n) is 7.62. The molecule has 0 aromatic carbocycles. The first kappa shape index (κ1) is 19.7. The van der Waals surface area contributed by atoms with Crippen molar-refractivity contribution in [3.63, 3.8) is 0 Å². The molecule has 7 heteroatoms. The summed E-state index contributed by atoms with van der Waals surface area (Å²) < 4.78 is 7.33. The van der Waals surface area contributed by atoms with Crippen LogP contribution >= 0.6 is 0 Å². The Morgan fingerprint density at radius 1 is 1.21 bits per heavy atom. The number of Topliss-reactive ketones (excluding diaryl/α,β-unsaturated/α-hetero) is 1. The van der Waals surface area contributed by atoms with Gasteiger partial charge in [0.05, 0.1) is 24.4 Å². The maximum Gasteiger partial charge on any atom is 0.153 e. The fourth-order valence-electron chi connectivity index (χ4n) is 3.73. The van der Waals surface area contributed by atoms with Crippen molar-refractivity contribution in [2.24, 2.45) is 0 Å². The second-order valence-corrected chi connectivity index (χ2v) is 7.62. The third-order valence-electron chi connectivity index (χ3n) is 5.59. The Labute approximate surface area is 169 Å². The van der Waals surface area contributed by atoms with Gasteiger partial charge in [-0.05, 0) is 42.9 Å². The minimum Gasteiger partial charge on any atom is -0.391 e. The van der Waals surface area contributed by atoms with Gasteiger partial charge in [-0.1, -0.05) is 6.92 Å². The van der Waals surface area contributed by atoms with Crippen LogP contribution in [0, 0.1) is 0 Å². The molecule has 0 amide bonds. The van der Waals surface area contributed by atoms with Crippen LogP contribution in [0.25, 0.3) is 16.6 Å². The van der Waals surface area contributed by atoms with E-state index in [9.17, 15) is 9.90 Å². The number of pyridine rings is 1. The van der Waals surface area contributed by atoms with Crippen LogP contribution in [0.4, 0.5) is 0 Å². The van der Waals surface area contributed by atoms with E-state index in [0.717, 1.165) is 29.5 Å². The molecule has 3 heterocycles. The van der Waals surface area contributed by atoms with Gasteiger partial charge in [-0.2, -0.15) is 5.10 Å². The average molecular weight is 394 g/mol. The molecule has 0 saturated heterocycles. The molecule has 1 aliphatic rings. The van der Waals surface area contributed by atoms with Crippen molar-refractivity contribution >= 4 is 11.3 Å².